The van der Waals surface area contributed by atoms with Crippen molar-refractivity contribution in [2.24, 2.45) is 0 Å². The molecule has 3 nitrogen and oxygen atoms in total. The van der Waals surface area contributed by atoms with E-state index < -0.39 is 0 Å². The summed E-state index contributed by atoms with van der Waals surface area (Å²) in [6.45, 7) is 11.9. The maximum Gasteiger partial charge on any atom is 0.0703 e. The largest absolute Gasteiger partial charge is 0.379 e. The topological polar surface area (TPSA) is 30.5 Å². The quantitative estimate of drug-likeness (QED) is 0.536. The van der Waals surface area contributed by atoms with Gasteiger partial charge in [0.2, 0.25) is 0 Å². The van der Waals surface area contributed by atoms with Crippen LogP contribution in [0.4, 0.5) is 0 Å². The third-order valence-corrected chi connectivity index (χ3v) is 2.45. The molecule has 0 atom stereocenters. The molecule has 0 heterocycles. The lowest BCUT2D eigenvalue weighted by Crippen LogP contribution is -2.23. The van der Waals surface area contributed by atoms with Gasteiger partial charge >= 0.3 is 0 Å². The fraction of sp³-hybridized carbons (Fsp3) is 1.00. The van der Waals surface area contributed by atoms with E-state index in [2.05, 4.69) is 19.2 Å². The molecule has 1 N–H and O–H groups in total. The molecule has 0 aromatic carbocycles. The highest BCUT2D eigenvalue weighted by Gasteiger charge is 1.95. The lowest BCUT2D eigenvalue weighted by Gasteiger charge is -2.08. The first-order valence-corrected chi connectivity index (χ1v) is 7.05. The smallest absolute Gasteiger partial charge is 0.0703 e. The second kappa shape index (κ2) is 12.3. The molecule has 0 saturated heterocycles. The van der Waals surface area contributed by atoms with Crippen LogP contribution >= 0.6 is 0 Å². The summed E-state index contributed by atoms with van der Waals surface area (Å²) < 4.78 is 10.9. The molecule has 0 aromatic heterocycles. The van der Waals surface area contributed by atoms with Gasteiger partial charge in [0.1, 0.15) is 0 Å². The standard InChI is InChI=1S/C14H31NO2/c1-13(2)15-9-7-5-6-8-10-16-11-12-17-14(3)4/h13-15H,5-12H2,1-4H3. The van der Waals surface area contributed by atoms with Gasteiger partial charge in [0.05, 0.1) is 19.3 Å². The van der Waals surface area contributed by atoms with Crippen LogP contribution in [0, 0.1) is 0 Å². The summed E-state index contributed by atoms with van der Waals surface area (Å²) >= 11 is 0. The van der Waals surface area contributed by atoms with Gasteiger partial charge in [-0.2, -0.15) is 0 Å². The van der Waals surface area contributed by atoms with E-state index in [1.807, 2.05) is 13.8 Å². The third kappa shape index (κ3) is 15.9. The van der Waals surface area contributed by atoms with Gasteiger partial charge in [-0.05, 0) is 33.2 Å². The molecule has 0 rings (SSSR count). The third-order valence-electron chi connectivity index (χ3n) is 2.45. The maximum absolute atomic E-state index is 5.49. The Labute approximate surface area is 107 Å². The van der Waals surface area contributed by atoms with Crippen molar-refractivity contribution in [2.45, 2.75) is 65.5 Å². The Balaban J connectivity index is 2.94. The van der Waals surface area contributed by atoms with E-state index in [0.717, 1.165) is 26.4 Å². The zero-order chi connectivity index (χ0) is 12.9. The molecule has 0 aromatic rings. The summed E-state index contributed by atoms with van der Waals surface area (Å²) in [4.78, 5) is 0. The van der Waals surface area contributed by atoms with Crippen molar-refractivity contribution in [2.75, 3.05) is 26.4 Å². The van der Waals surface area contributed by atoms with Crippen LogP contribution in [0.15, 0.2) is 0 Å². The lowest BCUT2D eigenvalue weighted by atomic mass is 10.2. The molecule has 17 heavy (non-hydrogen) atoms. The summed E-state index contributed by atoms with van der Waals surface area (Å²) in [7, 11) is 0. The molecule has 0 radical (unpaired) electrons. The van der Waals surface area contributed by atoms with E-state index in [0.29, 0.717) is 12.1 Å². The molecule has 0 bridgehead atoms. The van der Waals surface area contributed by atoms with E-state index >= 15 is 0 Å². The van der Waals surface area contributed by atoms with Gasteiger partial charge in [-0.25, -0.2) is 0 Å². The number of ether oxygens (including phenoxy) is 2. The van der Waals surface area contributed by atoms with Crippen molar-refractivity contribution in [3.63, 3.8) is 0 Å². The fourth-order valence-electron chi connectivity index (χ4n) is 1.52. The van der Waals surface area contributed by atoms with Gasteiger partial charge in [0.15, 0.2) is 0 Å². The van der Waals surface area contributed by atoms with Gasteiger partial charge in [0, 0.05) is 12.6 Å². The first-order valence-electron chi connectivity index (χ1n) is 7.05. The highest BCUT2D eigenvalue weighted by Crippen LogP contribution is 1.99. The highest BCUT2D eigenvalue weighted by atomic mass is 16.5. The van der Waals surface area contributed by atoms with Gasteiger partial charge in [-0.3, -0.25) is 0 Å². The van der Waals surface area contributed by atoms with E-state index in [-0.39, 0.29) is 0 Å². The first kappa shape index (κ1) is 16.9. The zero-order valence-electron chi connectivity index (χ0n) is 12.1. The Morgan fingerprint density at radius 3 is 2.18 bits per heavy atom. The summed E-state index contributed by atoms with van der Waals surface area (Å²) in [5.74, 6) is 0. The van der Waals surface area contributed by atoms with Crippen molar-refractivity contribution in [3.05, 3.63) is 0 Å². The number of hydrogen-bond acceptors (Lipinski definition) is 3. The van der Waals surface area contributed by atoms with Gasteiger partial charge in [-0.1, -0.05) is 26.7 Å². The molecule has 0 aliphatic heterocycles. The predicted octanol–water partition coefficient (Wildman–Crippen LogP) is 2.99. The molecule has 0 unspecified atom stereocenters. The minimum Gasteiger partial charge on any atom is -0.379 e. The Bertz CT molecular complexity index is 133. The maximum atomic E-state index is 5.49. The molecule has 104 valence electrons. The van der Waals surface area contributed by atoms with E-state index in [4.69, 9.17) is 9.47 Å². The van der Waals surface area contributed by atoms with Crippen molar-refractivity contribution < 1.29 is 9.47 Å². The molecule has 0 fully saturated rings. The van der Waals surface area contributed by atoms with Crippen LogP contribution in [0.25, 0.3) is 0 Å². The Morgan fingerprint density at radius 1 is 0.824 bits per heavy atom. The molecule has 0 saturated carbocycles. The van der Waals surface area contributed by atoms with Gasteiger partial charge in [0.25, 0.3) is 0 Å². The van der Waals surface area contributed by atoms with Crippen LogP contribution in [0.1, 0.15) is 53.4 Å². The number of rotatable bonds is 12. The van der Waals surface area contributed by atoms with Crippen LogP contribution in [-0.2, 0) is 9.47 Å². The minimum absolute atomic E-state index is 0.312. The summed E-state index contributed by atoms with van der Waals surface area (Å²) in [5, 5.41) is 3.43. The molecular formula is C14H31NO2. The predicted molar refractivity (Wildman–Crippen MR) is 73.5 cm³/mol. The molecule has 3 heteroatoms. The second-order valence-corrected chi connectivity index (χ2v) is 5.05. The molecular weight excluding hydrogens is 214 g/mol. The second-order valence-electron chi connectivity index (χ2n) is 5.05. The van der Waals surface area contributed by atoms with Crippen molar-refractivity contribution >= 4 is 0 Å². The van der Waals surface area contributed by atoms with E-state index in [1.165, 1.54) is 25.7 Å². The normalized spacial score (nSPS) is 11.6. The lowest BCUT2D eigenvalue weighted by molar-refractivity contribution is 0.0186. The zero-order valence-corrected chi connectivity index (χ0v) is 12.1. The van der Waals surface area contributed by atoms with Crippen LogP contribution in [-0.4, -0.2) is 38.5 Å². The van der Waals surface area contributed by atoms with Crippen molar-refractivity contribution in [1.29, 1.82) is 0 Å². The van der Waals surface area contributed by atoms with E-state index in [1.54, 1.807) is 0 Å². The van der Waals surface area contributed by atoms with Gasteiger partial charge in [-0.15, -0.1) is 0 Å². The van der Waals surface area contributed by atoms with Gasteiger partial charge < -0.3 is 14.8 Å². The average Bonchev–Trinajstić information content (AvgIpc) is 2.25. The monoisotopic (exact) mass is 245 g/mol. The molecule has 0 aliphatic rings. The van der Waals surface area contributed by atoms with Crippen molar-refractivity contribution in [1.82, 2.24) is 5.32 Å². The summed E-state index contributed by atoms with van der Waals surface area (Å²) in [6, 6.07) is 0.610. The fourth-order valence-corrected chi connectivity index (χ4v) is 1.52. The summed E-state index contributed by atoms with van der Waals surface area (Å²) in [6.07, 6.45) is 5.32. The molecule has 0 spiro atoms. The van der Waals surface area contributed by atoms with Crippen LogP contribution < -0.4 is 5.32 Å². The summed E-state index contributed by atoms with van der Waals surface area (Å²) in [5.41, 5.74) is 0. The average molecular weight is 245 g/mol. The highest BCUT2D eigenvalue weighted by molar-refractivity contribution is 4.53. The van der Waals surface area contributed by atoms with Crippen molar-refractivity contribution in [3.8, 4) is 0 Å². The minimum atomic E-state index is 0.312. The van der Waals surface area contributed by atoms with Crippen LogP contribution in [0.5, 0.6) is 0 Å². The SMILES string of the molecule is CC(C)NCCCCCCOCCOC(C)C. The Morgan fingerprint density at radius 2 is 1.53 bits per heavy atom. The Kier molecular flexibility index (Phi) is 12.3. The number of nitrogens with one attached hydrogen (secondary N) is 1. The van der Waals surface area contributed by atoms with Crippen LogP contribution in [0.2, 0.25) is 0 Å². The van der Waals surface area contributed by atoms with E-state index in [9.17, 15) is 0 Å². The molecule has 0 aliphatic carbocycles. The number of hydrogen-bond donors (Lipinski definition) is 1. The molecule has 0 amide bonds. The van der Waals surface area contributed by atoms with Crippen LogP contribution in [0.3, 0.4) is 0 Å². The Hall–Kier alpha value is -0.120. The number of unbranched alkanes of at least 4 members (excludes halogenated alkanes) is 3. The first-order chi connectivity index (χ1) is 8.13.